The summed E-state index contributed by atoms with van der Waals surface area (Å²) in [6, 6.07) is 1.59. The van der Waals surface area contributed by atoms with Crippen LogP contribution in [0.1, 0.15) is 10.5 Å². The van der Waals surface area contributed by atoms with E-state index < -0.39 is 0 Å². The second-order valence-electron chi connectivity index (χ2n) is 3.23. The van der Waals surface area contributed by atoms with E-state index in [0.717, 1.165) is 6.54 Å². The van der Waals surface area contributed by atoms with Gasteiger partial charge in [-0.2, -0.15) is 0 Å². The van der Waals surface area contributed by atoms with Crippen molar-refractivity contribution in [1.29, 1.82) is 0 Å². The number of nitrogens with one attached hydrogen (secondary N) is 3. The number of rotatable bonds is 7. The summed E-state index contributed by atoms with van der Waals surface area (Å²) in [4.78, 5) is 14.3. The van der Waals surface area contributed by atoms with Gasteiger partial charge in [0.05, 0.1) is 11.6 Å². The van der Waals surface area contributed by atoms with E-state index in [-0.39, 0.29) is 5.91 Å². The summed E-state index contributed by atoms with van der Waals surface area (Å²) < 4.78 is 4.87. The summed E-state index contributed by atoms with van der Waals surface area (Å²) in [5, 5.41) is 6.41. The fourth-order valence-electron chi connectivity index (χ4n) is 1.16. The van der Waals surface area contributed by atoms with E-state index in [9.17, 15) is 4.79 Å². The van der Waals surface area contributed by atoms with Gasteiger partial charge in [-0.3, -0.25) is 4.79 Å². The Morgan fingerprint density at radius 2 is 2.31 bits per heavy atom. The Morgan fingerprint density at radius 3 is 2.94 bits per heavy atom. The van der Waals surface area contributed by atoms with E-state index in [1.165, 1.54) is 0 Å². The van der Waals surface area contributed by atoms with Crippen molar-refractivity contribution in [3.8, 4) is 0 Å². The van der Waals surface area contributed by atoms with Crippen LogP contribution < -0.4 is 10.6 Å². The molecule has 0 saturated carbocycles. The Balaban J connectivity index is 2.11. The number of aromatic amines is 1. The Labute approximate surface area is 99.5 Å². The number of carbonyl (C=O) groups is 1. The quantitative estimate of drug-likeness (QED) is 0.618. The molecule has 1 aromatic rings. The van der Waals surface area contributed by atoms with Crippen LogP contribution in [0.2, 0.25) is 5.02 Å². The Morgan fingerprint density at radius 1 is 1.50 bits per heavy atom. The number of methoxy groups -OCH3 is 1. The van der Waals surface area contributed by atoms with Gasteiger partial charge >= 0.3 is 0 Å². The second-order valence-corrected chi connectivity index (χ2v) is 3.67. The summed E-state index contributed by atoms with van der Waals surface area (Å²) in [6.45, 7) is 2.73. The van der Waals surface area contributed by atoms with Crippen LogP contribution >= 0.6 is 11.6 Å². The number of aromatic nitrogens is 1. The van der Waals surface area contributed by atoms with Crippen LogP contribution in [0.25, 0.3) is 0 Å². The largest absolute Gasteiger partial charge is 0.383 e. The third kappa shape index (κ3) is 4.65. The zero-order chi connectivity index (χ0) is 11.8. The third-order valence-corrected chi connectivity index (χ3v) is 2.18. The van der Waals surface area contributed by atoms with E-state index >= 15 is 0 Å². The molecule has 1 amide bonds. The van der Waals surface area contributed by atoms with Gasteiger partial charge in [0.15, 0.2) is 0 Å². The topological polar surface area (TPSA) is 66.2 Å². The summed E-state index contributed by atoms with van der Waals surface area (Å²) in [5.41, 5.74) is 0.474. The van der Waals surface area contributed by atoms with Crippen molar-refractivity contribution in [3.63, 3.8) is 0 Å². The molecule has 6 heteroatoms. The average molecular weight is 246 g/mol. The van der Waals surface area contributed by atoms with Crippen molar-refractivity contribution in [2.45, 2.75) is 0 Å². The third-order valence-electron chi connectivity index (χ3n) is 1.96. The number of amides is 1. The van der Waals surface area contributed by atoms with E-state index in [4.69, 9.17) is 16.3 Å². The standard InChI is InChI=1S/C10H16ClN3O2/c1-16-5-4-12-2-3-13-10(15)9-6-8(11)7-14-9/h6-7,12,14H,2-5H2,1H3,(H,13,15). The number of H-pyrrole nitrogens is 1. The van der Waals surface area contributed by atoms with Gasteiger partial charge in [-0.1, -0.05) is 11.6 Å². The summed E-state index contributed by atoms with van der Waals surface area (Å²) in [7, 11) is 1.65. The molecule has 0 aliphatic rings. The maximum atomic E-state index is 11.5. The molecule has 0 aliphatic carbocycles. The zero-order valence-corrected chi connectivity index (χ0v) is 9.93. The van der Waals surface area contributed by atoms with Crippen LogP contribution in [0, 0.1) is 0 Å². The highest BCUT2D eigenvalue weighted by Gasteiger charge is 2.06. The molecule has 0 unspecified atom stereocenters. The highest BCUT2D eigenvalue weighted by atomic mass is 35.5. The Kier molecular flexibility index (Phi) is 5.92. The van der Waals surface area contributed by atoms with Gasteiger partial charge in [0.2, 0.25) is 0 Å². The zero-order valence-electron chi connectivity index (χ0n) is 9.18. The van der Waals surface area contributed by atoms with Crippen molar-refractivity contribution in [2.24, 2.45) is 0 Å². The van der Waals surface area contributed by atoms with Crippen molar-refractivity contribution in [2.75, 3.05) is 33.4 Å². The molecule has 1 rings (SSSR count). The molecule has 0 saturated heterocycles. The predicted octanol–water partition coefficient (Wildman–Crippen LogP) is 0.634. The Bertz CT molecular complexity index is 328. The molecule has 16 heavy (non-hydrogen) atoms. The lowest BCUT2D eigenvalue weighted by Gasteiger charge is -2.05. The minimum atomic E-state index is -0.152. The predicted molar refractivity (Wildman–Crippen MR) is 62.9 cm³/mol. The molecule has 90 valence electrons. The molecular formula is C10H16ClN3O2. The van der Waals surface area contributed by atoms with Gasteiger partial charge in [-0.05, 0) is 6.07 Å². The van der Waals surface area contributed by atoms with Gasteiger partial charge in [0, 0.05) is 32.9 Å². The van der Waals surface area contributed by atoms with Gasteiger partial charge in [0.25, 0.3) is 5.91 Å². The maximum Gasteiger partial charge on any atom is 0.267 e. The van der Waals surface area contributed by atoms with E-state index in [0.29, 0.717) is 30.4 Å². The lowest BCUT2D eigenvalue weighted by molar-refractivity contribution is 0.0949. The molecule has 1 aromatic heterocycles. The minimum Gasteiger partial charge on any atom is -0.383 e. The first-order chi connectivity index (χ1) is 7.74. The van der Waals surface area contributed by atoms with Gasteiger partial charge in [-0.25, -0.2) is 0 Å². The fourth-order valence-corrected chi connectivity index (χ4v) is 1.32. The van der Waals surface area contributed by atoms with Gasteiger partial charge in [-0.15, -0.1) is 0 Å². The lowest BCUT2D eigenvalue weighted by atomic mass is 10.4. The number of hydrogen-bond donors (Lipinski definition) is 3. The van der Waals surface area contributed by atoms with Crippen LogP contribution in [-0.4, -0.2) is 44.2 Å². The first kappa shape index (κ1) is 13.0. The molecule has 3 N–H and O–H groups in total. The first-order valence-electron chi connectivity index (χ1n) is 5.06. The molecule has 0 spiro atoms. The summed E-state index contributed by atoms with van der Waals surface area (Å²) in [5.74, 6) is -0.152. The molecule has 0 atom stereocenters. The van der Waals surface area contributed by atoms with E-state index in [1.807, 2.05) is 0 Å². The first-order valence-corrected chi connectivity index (χ1v) is 5.43. The monoisotopic (exact) mass is 245 g/mol. The van der Waals surface area contributed by atoms with Crippen molar-refractivity contribution < 1.29 is 9.53 Å². The van der Waals surface area contributed by atoms with Crippen molar-refractivity contribution in [3.05, 3.63) is 23.0 Å². The lowest BCUT2D eigenvalue weighted by Crippen LogP contribution is -2.33. The molecule has 5 nitrogen and oxygen atoms in total. The molecule has 0 aromatic carbocycles. The van der Waals surface area contributed by atoms with Crippen LogP contribution in [0.4, 0.5) is 0 Å². The van der Waals surface area contributed by atoms with Crippen LogP contribution in [0.15, 0.2) is 12.3 Å². The minimum absolute atomic E-state index is 0.152. The SMILES string of the molecule is COCCNCCNC(=O)c1cc(Cl)c[nH]1. The average Bonchev–Trinajstić information content (AvgIpc) is 2.70. The van der Waals surface area contributed by atoms with E-state index in [1.54, 1.807) is 19.4 Å². The Hall–Kier alpha value is -1.04. The second kappa shape index (κ2) is 7.27. The molecule has 0 aliphatic heterocycles. The normalized spacial score (nSPS) is 10.4. The van der Waals surface area contributed by atoms with E-state index in [2.05, 4.69) is 15.6 Å². The molecule has 0 bridgehead atoms. The van der Waals surface area contributed by atoms with Crippen molar-refractivity contribution >= 4 is 17.5 Å². The highest BCUT2D eigenvalue weighted by Crippen LogP contribution is 2.08. The molecule has 1 heterocycles. The van der Waals surface area contributed by atoms with Gasteiger partial charge < -0.3 is 20.4 Å². The van der Waals surface area contributed by atoms with Crippen LogP contribution in [-0.2, 0) is 4.74 Å². The number of hydrogen-bond acceptors (Lipinski definition) is 3. The fraction of sp³-hybridized carbons (Fsp3) is 0.500. The van der Waals surface area contributed by atoms with Crippen LogP contribution in [0.3, 0.4) is 0 Å². The molecular weight excluding hydrogens is 230 g/mol. The molecule has 0 radical (unpaired) electrons. The number of carbonyl (C=O) groups excluding carboxylic acids is 1. The maximum absolute atomic E-state index is 11.5. The number of ether oxygens (including phenoxy) is 1. The summed E-state index contributed by atoms with van der Waals surface area (Å²) in [6.07, 6.45) is 1.58. The summed E-state index contributed by atoms with van der Waals surface area (Å²) >= 11 is 5.69. The number of halogens is 1. The van der Waals surface area contributed by atoms with Crippen molar-refractivity contribution in [1.82, 2.24) is 15.6 Å². The van der Waals surface area contributed by atoms with Gasteiger partial charge in [0.1, 0.15) is 5.69 Å². The molecule has 0 fully saturated rings. The smallest absolute Gasteiger partial charge is 0.267 e. The highest BCUT2D eigenvalue weighted by molar-refractivity contribution is 6.30. The van der Waals surface area contributed by atoms with Crippen LogP contribution in [0.5, 0.6) is 0 Å².